The molecule has 0 aliphatic heterocycles. The highest BCUT2D eigenvalue weighted by atomic mass is 35.5. The van der Waals surface area contributed by atoms with Crippen LogP contribution >= 0.6 is 11.6 Å². The lowest BCUT2D eigenvalue weighted by molar-refractivity contribution is 0.399. The van der Waals surface area contributed by atoms with Crippen LogP contribution in [0, 0.1) is 0 Å². The van der Waals surface area contributed by atoms with Crippen molar-refractivity contribution in [2.75, 3.05) is 13.7 Å². The molecule has 2 N–H and O–H groups in total. The third kappa shape index (κ3) is 2.40. The Kier molecular flexibility index (Phi) is 3.61. The maximum atomic E-state index is 6.30. The molecule has 1 aromatic carbocycles. The number of halogens is 1. The van der Waals surface area contributed by atoms with E-state index in [0.29, 0.717) is 17.4 Å². The average Bonchev–Trinajstić information content (AvgIpc) is 2.37. The number of benzene rings is 1. The van der Waals surface area contributed by atoms with Crippen molar-refractivity contribution < 1.29 is 4.74 Å². The lowest BCUT2D eigenvalue weighted by atomic mass is 10.1. The monoisotopic (exact) mass is 248 g/mol. The molecule has 0 radical (unpaired) electrons. The third-order valence-corrected chi connectivity index (χ3v) is 2.87. The maximum Gasteiger partial charge on any atom is 0.213 e. The summed E-state index contributed by atoms with van der Waals surface area (Å²) in [7, 11) is 1.59. The van der Waals surface area contributed by atoms with Gasteiger partial charge in [0.25, 0.3) is 0 Å². The number of rotatable bonds is 3. The fourth-order valence-electron chi connectivity index (χ4n) is 1.60. The molecule has 2 rings (SSSR count). The molecule has 3 nitrogen and oxygen atoms in total. The Morgan fingerprint density at radius 3 is 2.88 bits per heavy atom. The lowest BCUT2D eigenvalue weighted by Crippen LogP contribution is -1.92. The van der Waals surface area contributed by atoms with E-state index in [4.69, 9.17) is 22.1 Å². The summed E-state index contributed by atoms with van der Waals surface area (Å²) in [6.07, 6.45) is 3.77. The van der Waals surface area contributed by atoms with Crippen LogP contribution in [-0.4, -0.2) is 18.6 Å². The van der Waals surface area contributed by atoms with Gasteiger partial charge in [0.1, 0.15) is 0 Å². The maximum absolute atomic E-state index is 6.30. The van der Waals surface area contributed by atoms with Crippen LogP contribution in [-0.2, 0) is 0 Å². The van der Waals surface area contributed by atoms with Crippen LogP contribution in [0.2, 0.25) is 5.02 Å². The molecule has 0 aliphatic rings. The first-order valence-electron chi connectivity index (χ1n) is 5.26. The van der Waals surface area contributed by atoms with E-state index in [0.717, 1.165) is 16.5 Å². The highest BCUT2D eigenvalue weighted by Gasteiger charge is 2.05. The van der Waals surface area contributed by atoms with Gasteiger partial charge in [-0.25, -0.2) is 4.98 Å². The van der Waals surface area contributed by atoms with Crippen LogP contribution in [0.4, 0.5) is 0 Å². The first kappa shape index (κ1) is 11.9. The Hall–Kier alpha value is -1.58. The molecule has 1 heterocycles. The summed E-state index contributed by atoms with van der Waals surface area (Å²) in [5.41, 5.74) is 7.18. The molecule has 0 saturated carbocycles. The number of nitrogens with zero attached hydrogens (tertiary/aromatic N) is 1. The van der Waals surface area contributed by atoms with Crippen molar-refractivity contribution >= 4 is 28.6 Å². The smallest absolute Gasteiger partial charge is 0.213 e. The first-order chi connectivity index (χ1) is 8.26. The SMILES string of the molecule is COc1ccc2c(Cl)c(/C=C/CN)ccc2n1. The summed E-state index contributed by atoms with van der Waals surface area (Å²) in [5.74, 6) is 0.582. The normalized spacial score (nSPS) is 11.2. The van der Waals surface area contributed by atoms with Gasteiger partial charge in [-0.15, -0.1) is 0 Å². The summed E-state index contributed by atoms with van der Waals surface area (Å²) >= 11 is 6.30. The van der Waals surface area contributed by atoms with E-state index in [1.807, 2.05) is 30.4 Å². The predicted molar refractivity (Wildman–Crippen MR) is 71.4 cm³/mol. The molecule has 17 heavy (non-hydrogen) atoms. The van der Waals surface area contributed by atoms with Crippen LogP contribution < -0.4 is 10.5 Å². The zero-order valence-electron chi connectivity index (χ0n) is 9.48. The van der Waals surface area contributed by atoms with Crippen molar-refractivity contribution in [2.45, 2.75) is 0 Å². The Morgan fingerprint density at radius 2 is 2.18 bits per heavy atom. The summed E-state index contributed by atoms with van der Waals surface area (Å²) in [6, 6.07) is 7.54. The number of pyridine rings is 1. The predicted octanol–water partition coefficient (Wildman–Crippen LogP) is 2.87. The van der Waals surface area contributed by atoms with Gasteiger partial charge >= 0.3 is 0 Å². The van der Waals surface area contributed by atoms with Crippen LogP contribution in [0.25, 0.3) is 17.0 Å². The Labute approximate surface area is 105 Å². The van der Waals surface area contributed by atoms with Crippen molar-refractivity contribution in [1.82, 2.24) is 4.98 Å². The molecule has 0 unspecified atom stereocenters. The first-order valence-corrected chi connectivity index (χ1v) is 5.64. The number of ether oxygens (including phenoxy) is 1. The van der Waals surface area contributed by atoms with Gasteiger partial charge in [0.05, 0.1) is 17.6 Å². The van der Waals surface area contributed by atoms with Crippen molar-refractivity contribution in [1.29, 1.82) is 0 Å². The molecule has 0 spiro atoms. The van der Waals surface area contributed by atoms with Gasteiger partial charge in [-0.05, 0) is 17.7 Å². The zero-order valence-corrected chi connectivity index (χ0v) is 10.2. The van der Waals surface area contributed by atoms with E-state index in [2.05, 4.69) is 4.98 Å². The van der Waals surface area contributed by atoms with Crippen LogP contribution in [0.1, 0.15) is 5.56 Å². The van der Waals surface area contributed by atoms with Crippen molar-refractivity contribution in [3.05, 3.63) is 40.9 Å². The molecule has 0 aliphatic carbocycles. The Balaban J connectivity index is 2.56. The minimum atomic E-state index is 0.495. The van der Waals surface area contributed by atoms with Gasteiger partial charge in [0, 0.05) is 18.0 Å². The molecule has 0 saturated heterocycles. The van der Waals surface area contributed by atoms with Gasteiger partial charge in [0.15, 0.2) is 0 Å². The number of hydrogen-bond donors (Lipinski definition) is 1. The van der Waals surface area contributed by atoms with Crippen molar-refractivity contribution in [2.24, 2.45) is 5.73 Å². The molecule has 2 aromatic rings. The van der Waals surface area contributed by atoms with Gasteiger partial charge in [-0.3, -0.25) is 0 Å². The summed E-state index contributed by atoms with van der Waals surface area (Å²) in [6.45, 7) is 0.495. The average molecular weight is 249 g/mol. The molecule has 0 atom stereocenters. The van der Waals surface area contributed by atoms with Crippen LogP contribution in [0.3, 0.4) is 0 Å². The van der Waals surface area contributed by atoms with Crippen molar-refractivity contribution in [3.8, 4) is 5.88 Å². The number of methoxy groups -OCH3 is 1. The zero-order chi connectivity index (χ0) is 12.3. The topological polar surface area (TPSA) is 48.1 Å². The standard InChI is InChI=1S/C13H13ClN2O/c1-17-12-7-5-10-11(16-12)6-4-9(13(10)14)3-2-8-15/h2-7H,8,15H2,1H3/b3-2+. The third-order valence-electron chi connectivity index (χ3n) is 2.45. The highest BCUT2D eigenvalue weighted by molar-refractivity contribution is 6.36. The number of aromatic nitrogens is 1. The fourth-order valence-corrected chi connectivity index (χ4v) is 1.89. The molecular weight excluding hydrogens is 236 g/mol. The molecule has 0 bridgehead atoms. The second kappa shape index (κ2) is 5.17. The highest BCUT2D eigenvalue weighted by Crippen LogP contribution is 2.28. The van der Waals surface area contributed by atoms with Gasteiger partial charge in [-0.1, -0.05) is 29.8 Å². The summed E-state index contributed by atoms with van der Waals surface area (Å²) in [4.78, 5) is 4.32. The van der Waals surface area contributed by atoms with E-state index in [1.54, 1.807) is 13.2 Å². The largest absolute Gasteiger partial charge is 0.481 e. The summed E-state index contributed by atoms with van der Waals surface area (Å²) < 4.78 is 5.07. The van der Waals surface area contributed by atoms with E-state index < -0.39 is 0 Å². The molecule has 0 fully saturated rings. The van der Waals surface area contributed by atoms with E-state index >= 15 is 0 Å². The molecule has 4 heteroatoms. The Bertz CT molecular complexity index is 567. The number of hydrogen-bond acceptors (Lipinski definition) is 3. The van der Waals surface area contributed by atoms with Gasteiger partial charge < -0.3 is 10.5 Å². The molecule has 88 valence electrons. The second-order valence-corrected chi connectivity index (χ2v) is 3.91. The van der Waals surface area contributed by atoms with Crippen LogP contribution in [0.15, 0.2) is 30.3 Å². The van der Waals surface area contributed by atoms with Gasteiger partial charge in [0.2, 0.25) is 5.88 Å². The van der Waals surface area contributed by atoms with E-state index in [1.165, 1.54) is 0 Å². The summed E-state index contributed by atoms with van der Waals surface area (Å²) in [5, 5.41) is 1.59. The van der Waals surface area contributed by atoms with Gasteiger partial charge in [-0.2, -0.15) is 0 Å². The fraction of sp³-hybridized carbons (Fsp3) is 0.154. The molecule has 0 amide bonds. The van der Waals surface area contributed by atoms with E-state index in [-0.39, 0.29) is 0 Å². The molecule has 1 aromatic heterocycles. The minimum Gasteiger partial charge on any atom is -0.481 e. The van der Waals surface area contributed by atoms with E-state index in [9.17, 15) is 0 Å². The van der Waals surface area contributed by atoms with Crippen LogP contribution in [0.5, 0.6) is 5.88 Å². The lowest BCUT2D eigenvalue weighted by Gasteiger charge is -2.05. The Morgan fingerprint density at radius 1 is 1.35 bits per heavy atom. The number of nitrogens with two attached hydrogens (primary N) is 1. The minimum absolute atomic E-state index is 0.495. The number of fused-ring (bicyclic) bond motifs is 1. The molecular formula is C13H13ClN2O. The quantitative estimate of drug-likeness (QED) is 0.909. The second-order valence-electron chi connectivity index (χ2n) is 3.53. The van der Waals surface area contributed by atoms with Crippen molar-refractivity contribution in [3.63, 3.8) is 0 Å².